The maximum atomic E-state index is 13.3. The van der Waals surface area contributed by atoms with Crippen molar-refractivity contribution in [3.63, 3.8) is 0 Å². The van der Waals surface area contributed by atoms with Crippen LogP contribution in [0.4, 0.5) is 24.5 Å². The molecule has 3 aliphatic rings. The zero-order valence-corrected chi connectivity index (χ0v) is 19.7. The number of morpholine rings is 2. The minimum atomic E-state index is -4.50. The first-order valence-electron chi connectivity index (χ1n) is 11.9. The number of carbonyl (C=O) groups is 2. The molecule has 35 heavy (non-hydrogen) atoms. The van der Waals surface area contributed by atoms with E-state index in [4.69, 9.17) is 9.47 Å². The second kappa shape index (κ2) is 11.5. The Balaban J connectivity index is 1.31. The Labute approximate surface area is 202 Å². The van der Waals surface area contributed by atoms with Gasteiger partial charge in [0.1, 0.15) is 0 Å². The van der Waals surface area contributed by atoms with Crippen molar-refractivity contribution in [3.8, 4) is 0 Å². The van der Waals surface area contributed by atoms with Crippen LogP contribution in [0.3, 0.4) is 0 Å². The van der Waals surface area contributed by atoms with Gasteiger partial charge in [-0.2, -0.15) is 13.2 Å². The van der Waals surface area contributed by atoms with Crippen LogP contribution in [0.25, 0.3) is 0 Å². The van der Waals surface area contributed by atoms with Crippen molar-refractivity contribution in [2.45, 2.75) is 6.18 Å². The van der Waals surface area contributed by atoms with E-state index < -0.39 is 11.7 Å². The fourth-order valence-corrected chi connectivity index (χ4v) is 4.49. The lowest BCUT2D eigenvalue weighted by molar-refractivity contribution is -0.138. The van der Waals surface area contributed by atoms with E-state index in [9.17, 15) is 22.8 Å². The second-order valence-corrected chi connectivity index (χ2v) is 8.92. The summed E-state index contributed by atoms with van der Waals surface area (Å²) in [6, 6.07) is 3.45. The zero-order valence-electron chi connectivity index (χ0n) is 19.7. The first kappa shape index (κ1) is 25.7. The molecule has 2 amide bonds. The summed E-state index contributed by atoms with van der Waals surface area (Å²) in [5, 5.41) is 2.70. The average Bonchev–Trinajstić information content (AvgIpc) is 2.85. The summed E-state index contributed by atoms with van der Waals surface area (Å²) < 4.78 is 50.5. The number of anilines is 2. The number of alkyl halides is 3. The largest absolute Gasteiger partial charge is 0.416 e. The number of hydrogen-bond donors (Lipinski definition) is 1. The summed E-state index contributed by atoms with van der Waals surface area (Å²) in [6.45, 7) is 7.29. The van der Waals surface area contributed by atoms with Gasteiger partial charge < -0.3 is 24.6 Å². The first-order chi connectivity index (χ1) is 16.8. The van der Waals surface area contributed by atoms with Crippen molar-refractivity contribution in [1.82, 2.24) is 14.7 Å². The van der Waals surface area contributed by atoms with Gasteiger partial charge in [-0.1, -0.05) is 0 Å². The summed E-state index contributed by atoms with van der Waals surface area (Å²) in [7, 11) is 0. The summed E-state index contributed by atoms with van der Waals surface area (Å²) in [5.41, 5.74) is -0.0917. The van der Waals surface area contributed by atoms with Crippen LogP contribution in [0.2, 0.25) is 0 Å². The Bertz CT molecular complexity index is 880. The number of hydrogen-bond acceptors (Lipinski definition) is 7. The molecule has 1 aromatic rings. The number of ether oxygens (including phenoxy) is 2. The molecule has 3 heterocycles. The fourth-order valence-electron chi connectivity index (χ4n) is 4.49. The average molecular weight is 500 g/mol. The molecule has 9 nitrogen and oxygen atoms in total. The summed E-state index contributed by atoms with van der Waals surface area (Å²) in [5.74, 6) is -0.281. The van der Waals surface area contributed by atoms with Crippen LogP contribution in [0.5, 0.6) is 0 Å². The van der Waals surface area contributed by atoms with E-state index in [1.54, 1.807) is 0 Å². The minimum absolute atomic E-state index is 0.0735. The molecule has 0 spiro atoms. The first-order valence-corrected chi connectivity index (χ1v) is 11.9. The summed E-state index contributed by atoms with van der Waals surface area (Å²) >= 11 is 0. The molecule has 4 rings (SSSR count). The minimum Gasteiger partial charge on any atom is -0.378 e. The molecule has 3 fully saturated rings. The number of halogens is 3. The van der Waals surface area contributed by atoms with Gasteiger partial charge in [-0.15, -0.1) is 0 Å². The van der Waals surface area contributed by atoms with E-state index in [1.807, 2.05) is 14.7 Å². The maximum absolute atomic E-state index is 13.3. The third kappa shape index (κ3) is 7.06. The molecule has 0 atom stereocenters. The van der Waals surface area contributed by atoms with Crippen molar-refractivity contribution in [2.75, 3.05) is 102 Å². The van der Waals surface area contributed by atoms with Gasteiger partial charge in [-0.25, -0.2) is 0 Å². The molecule has 194 valence electrons. The van der Waals surface area contributed by atoms with Gasteiger partial charge >= 0.3 is 6.18 Å². The van der Waals surface area contributed by atoms with Crippen LogP contribution in [-0.4, -0.2) is 118 Å². The molecule has 0 aromatic heterocycles. The van der Waals surface area contributed by atoms with E-state index >= 15 is 0 Å². The molecule has 0 unspecified atom stereocenters. The van der Waals surface area contributed by atoms with Crippen LogP contribution in [0, 0.1) is 0 Å². The van der Waals surface area contributed by atoms with Gasteiger partial charge in [0.2, 0.25) is 11.8 Å². The molecule has 0 aliphatic carbocycles. The van der Waals surface area contributed by atoms with Crippen LogP contribution in [0.15, 0.2) is 18.2 Å². The molecule has 1 N–H and O–H groups in total. The molecule has 0 bridgehead atoms. The smallest absolute Gasteiger partial charge is 0.378 e. The van der Waals surface area contributed by atoms with E-state index in [1.165, 1.54) is 6.07 Å². The zero-order chi connectivity index (χ0) is 24.8. The standard InChI is InChI=1S/C23H32F3N5O4/c24-23(25,26)18-1-2-20(30-7-11-34-12-8-30)19(15-18)27-21(32)16-28-3-5-29(6-4-28)17-22(33)31-9-13-35-14-10-31/h1-2,15H,3-14,16-17H2,(H,27,32). The van der Waals surface area contributed by atoms with Crippen molar-refractivity contribution in [3.05, 3.63) is 23.8 Å². The Hall–Kier alpha value is -2.41. The Morgan fingerprint density at radius 3 is 2.00 bits per heavy atom. The van der Waals surface area contributed by atoms with Crippen LogP contribution in [0.1, 0.15) is 5.56 Å². The van der Waals surface area contributed by atoms with E-state index in [2.05, 4.69) is 10.2 Å². The highest BCUT2D eigenvalue weighted by molar-refractivity contribution is 5.96. The van der Waals surface area contributed by atoms with Gasteiger partial charge in [0, 0.05) is 52.4 Å². The molecule has 12 heteroatoms. The fraction of sp³-hybridized carbons (Fsp3) is 0.652. The quantitative estimate of drug-likeness (QED) is 0.625. The highest BCUT2D eigenvalue weighted by atomic mass is 19.4. The summed E-state index contributed by atoms with van der Waals surface area (Å²) in [4.78, 5) is 33.0. The van der Waals surface area contributed by atoms with Gasteiger partial charge in [0.15, 0.2) is 0 Å². The van der Waals surface area contributed by atoms with Crippen molar-refractivity contribution in [2.24, 2.45) is 0 Å². The Kier molecular flexibility index (Phi) is 8.47. The normalized spacial score (nSPS) is 20.7. The van der Waals surface area contributed by atoms with E-state index in [0.29, 0.717) is 91.0 Å². The Morgan fingerprint density at radius 2 is 1.40 bits per heavy atom. The maximum Gasteiger partial charge on any atom is 0.416 e. The molecule has 1 aromatic carbocycles. The predicted molar refractivity (Wildman–Crippen MR) is 123 cm³/mol. The SMILES string of the molecule is O=C(CN1CCN(CC(=O)N2CCOCC2)CC1)Nc1cc(C(F)(F)F)ccc1N1CCOCC1. The van der Waals surface area contributed by atoms with Crippen molar-refractivity contribution in [1.29, 1.82) is 0 Å². The van der Waals surface area contributed by atoms with Crippen LogP contribution >= 0.6 is 0 Å². The highest BCUT2D eigenvalue weighted by Crippen LogP contribution is 2.35. The predicted octanol–water partition coefficient (Wildman–Crippen LogP) is 0.957. The third-order valence-electron chi connectivity index (χ3n) is 6.50. The summed E-state index contributed by atoms with van der Waals surface area (Å²) in [6.07, 6.45) is -4.50. The van der Waals surface area contributed by atoms with Crippen LogP contribution in [-0.2, 0) is 25.2 Å². The topological polar surface area (TPSA) is 77.6 Å². The molecule has 0 saturated carbocycles. The lowest BCUT2D eigenvalue weighted by Crippen LogP contribution is -2.52. The molecular weight excluding hydrogens is 467 g/mol. The lowest BCUT2D eigenvalue weighted by atomic mass is 10.1. The second-order valence-electron chi connectivity index (χ2n) is 8.92. The Morgan fingerprint density at radius 1 is 0.829 bits per heavy atom. The van der Waals surface area contributed by atoms with E-state index in [0.717, 1.165) is 12.1 Å². The van der Waals surface area contributed by atoms with Gasteiger partial charge in [-0.3, -0.25) is 19.4 Å². The number of amides is 2. The monoisotopic (exact) mass is 499 g/mol. The molecule has 3 saturated heterocycles. The number of nitrogens with zero attached hydrogens (tertiary/aromatic N) is 4. The lowest BCUT2D eigenvalue weighted by Gasteiger charge is -2.35. The van der Waals surface area contributed by atoms with Crippen LogP contribution < -0.4 is 10.2 Å². The number of rotatable bonds is 6. The van der Waals surface area contributed by atoms with E-state index in [-0.39, 0.29) is 24.0 Å². The molecule has 0 radical (unpaired) electrons. The molecular formula is C23H32F3N5O4. The number of benzene rings is 1. The third-order valence-corrected chi connectivity index (χ3v) is 6.50. The van der Waals surface area contributed by atoms with Gasteiger partial charge in [0.25, 0.3) is 0 Å². The van der Waals surface area contributed by atoms with Gasteiger partial charge in [0.05, 0.1) is 56.5 Å². The number of carbonyl (C=O) groups excluding carboxylic acids is 2. The molecule has 3 aliphatic heterocycles. The van der Waals surface area contributed by atoms with Gasteiger partial charge in [-0.05, 0) is 18.2 Å². The number of piperazine rings is 1. The van der Waals surface area contributed by atoms with Crippen molar-refractivity contribution >= 4 is 23.2 Å². The van der Waals surface area contributed by atoms with Crippen molar-refractivity contribution < 1.29 is 32.2 Å². The highest BCUT2D eigenvalue weighted by Gasteiger charge is 2.32. The number of nitrogens with one attached hydrogen (secondary N) is 1.